The zero-order valence-electron chi connectivity index (χ0n) is 9.56. The summed E-state index contributed by atoms with van der Waals surface area (Å²) in [6.07, 6.45) is 2.79. The SMILES string of the molecule is CCC=NNC(=O)Cc1ccc(OC)cc1. The van der Waals surface area contributed by atoms with Crippen LogP contribution in [0.1, 0.15) is 18.9 Å². The fourth-order valence-electron chi connectivity index (χ4n) is 1.18. The zero-order chi connectivity index (χ0) is 11.8. The smallest absolute Gasteiger partial charge is 0.244 e. The highest BCUT2D eigenvalue weighted by atomic mass is 16.5. The number of hydrogen-bond acceptors (Lipinski definition) is 3. The van der Waals surface area contributed by atoms with E-state index in [4.69, 9.17) is 4.74 Å². The first-order valence-electron chi connectivity index (χ1n) is 5.19. The maximum Gasteiger partial charge on any atom is 0.244 e. The predicted octanol–water partition coefficient (Wildman–Crippen LogP) is 1.75. The standard InChI is InChI=1S/C12H16N2O2/c1-3-8-13-14-12(15)9-10-4-6-11(16-2)7-5-10/h4-8H,3,9H2,1-2H3,(H,14,15). The number of amides is 1. The summed E-state index contributed by atoms with van der Waals surface area (Å²) in [5, 5.41) is 3.77. The fraction of sp³-hybridized carbons (Fsp3) is 0.333. The van der Waals surface area contributed by atoms with E-state index in [9.17, 15) is 4.79 Å². The molecule has 0 aliphatic rings. The van der Waals surface area contributed by atoms with Crippen LogP contribution in [0.4, 0.5) is 0 Å². The maximum atomic E-state index is 11.4. The van der Waals surface area contributed by atoms with Gasteiger partial charge in [0, 0.05) is 6.21 Å². The lowest BCUT2D eigenvalue weighted by atomic mass is 10.1. The second kappa shape index (κ2) is 6.61. The molecule has 0 aromatic heterocycles. The van der Waals surface area contributed by atoms with Crippen molar-refractivity contribution in [2.45, 2.75) is 19.8 Å². The van der Waals surface area contributed by atoms with Crippen LogP contribution in [0, 0.1) is 0 Å². The van der Waals surface area contributed by atoms with Crippen LogP contribution in [-0.4, -0.2) is 19.2 Å². The van der Waals surface area contributed by atoms with Crippen molar-refractivity contribution in [1.82, 2.24) is 5.43 Å². The number of carbonyl (C=O) groups excluding carboxylic acids is 1. The van der Waals surface area contributed by atoms with Crippen LogP contribution in [0.15, 0.2) is 29.4 Å². The second-order valence-electron chi connectivity index (χ2n) is 3.28. The van der Waals surface area contributed by atoms with Crippen molar-refractivity contribution < 1.29 is 9.53 Å². The van der Waals surface area contributed by atoms with Gasteiger partial charge in [-0.1, -0.05) is 19.1 Å². The molecule has 1 N–H and O–H groups in total. The quantitative estimate of drug-likeness (QED) is 0.607. The van der Waals surface area contributed by atoms with Crippen LogP contribution in [0.5, 0.6) is 5.75 Å². The van der Waals surface area contributed by atoms with E-state index in [-0.39, 0.29) is 5.91 Å². The van der Waals surface area contributed by atoms with Crippen LogP contribution < -0.4 is 10.2 Å². The summed E-state index contributed by atoms with van der Waals surface area (Å²) in [5.41, 5.74) is 3.40. The number of methoxy groups -OCH3 is 1. The van der Waals surface area contributed by atoms with Gasteiger partial charge in [-0.2, -0.15) is 5.10 Å². The summed E-state index contributed by atoms with van der Waals surface area (Å²) in [6, 6.07) is 7.39. The van der Waals surface area contributed by atoms with Crippen molar-refractivity contribution in [3.05, 3.63) is 29.8 Å². The lowest BCUT2D eigenvalue weighted by Gasteiger charge is -2.02. The van der Waals surface area contributed by atoms with Crippen molar-refractivity contribution in [3.63, 3.8) is 0 Å². The maximum absolute atomic E-state index is 11.4. The molecule has 0 bridgehead atoms. The van der Waals surface area contributed by atoms with Gasteiger partial charge in [0.05, 0.1) is 13.5 Å². The zero-order valence-corrected chi connectivity index (χ0v) is 9.56. The van der Waals surface area contributed by atoms with E-state index in [0.29, 0.717) is 6.42 Å². The van der Waals surface area contributed by atoms with E-state index in [1.54, 1.807) is 13.3 Å². The molecule has 0 fully saturated rings. The number of nitrogens with one attached hydrogen (secondary N) is 1. The average molecular weight is 220 g/mol. The van der Waals surface area contributed by atoms with E-state index >= 15 is 0 Å². The molecule has 0 saturated carbocycles. The van der Waals surface area contributed by atoms with Crippen molar-refractivity contribution in [3.8, 4) is 5.75 Å². The number of hydrazone groups is 1. The number of hydrogen-bond donors (Lipinski definition) is 1. The number of carbonyl (C=O) groups is 1. The third kappa shape index (κ3) is 4.13. The van der Waals surface area contributed by atoms with E-state index < -0.39 is 0 Å². The molecule has 0 spiro atoms. The van der Waals surface area contributed by atoms with E-state index in [0.717, 1.165) is 17.7 Å². The molecule has 1 amide bonds. The van der Waals surface area contributed by atoms with Crippen molar-refractivity contribution in [2.75, 3.05) is 7.11 Å². The van der Waals surface area contributed by atoms with Gasteiger partial charge in [-0.3, -0.25) is 4.79 Å². The lowest BCUT2D eigenvalue weighted by Crippen LogP contribution is -2.19. The molecule has 0 saturated heterocycles. The Hall–Kier alpha value is -1.84. The molecular formula is C12H16N2O2. The third-order valence-corrected chi connectivity index (χ3v) is 1.99. The average Bonchev–Trinajstić information content (AvgIpc) is 2.30. The van der Waals surface area contributed by atoms with Crippen LogP contribution in [0.3, 0.4) is 0 Å². The van der Waals surface area contributed by atoms with Gasteiger partial charge in [-0.15, -0.1) is 0 Å². The second-order valence-corrected chi connectivity index (χ2v) is 3.28. The Balaban J connectivity index is 2.46. The lowest BCUT2D eigenvalue weighted by molar-refractivity contribution is -0.120. The van der Waals surface area contributed by atoms with Gasteiger partial charge in [0.15, 0.2) is 0 Å². The summed E-state index contributed by atoms with van der Waals surface area (Å²) < 4.78 is 5.03. The minimum absolute atomic E-state index is 0.116. The molecule has 1 aromatic rings. The fourth-order valence-corrected chi connectivity index (χ4v) is 1.18. The van der Waals surface area contributed by atoms with Crippen LogP contribution in [-0.2, 0) is 11.2 Å². The normalized spacial score (nSPS) is 10.4. The molecule has 0 aliphatic carbocycles. The summed E-state index contributed by atoms with van der Waals surface area (Å²) in [5.74, 6) is 0.669. The molecule has 0 unspecified atom stereocenters. The van der Waals surface area contributed by atoms with Crippen molar-refractivity contribution in [2.24, 2.45) is 5.10 Å². The van der Waals surface area contributed by atoms with Crippen LogP contribution in [0.2, 0.25) is 0 Å². The summed E-state index contributed by atoms with van der Waals surface area (Å²) >= 11 is 0. The van der Waals surface area contributed by atoms with Gasteiger partial charge in [-0.25, -0.2) is 5.43 Å². The first kappa shape index (κ1) is 12.2. The molecule has 1 rings (SSSR count). The molecule has 86 valence electrons. The molecule has 1 aromatic carbocycles. The number of rotatable bonds is 5. The third-order valence-electron chi connectivity index (χ3n) is 1.99. The monoisotopic (exact) mass is 220 g/mol. The highest BCUT2D eigenvalue weighted by Crippen LogP contribution is 2.11. The number of ether oxygens (including phenoxy) is 1. The van der Waals surface area contributed by atoms with Gasteiger partial charge < -0.3 is 4.74 Å². The molecule has 4 nitrogen and oxygen atoms in total. The van der Waals surface area contributed by atoms with E-state index in [1.807, 2.05) is 31.2 Å². The predicted molar refractivity (Wildman–Crippen MR) is 63.6 cm³/mol. The van der Waals surface area contributed by atoms with Crippen molar-refractivity contribution in [1.29, 1.82) is 0 Å². The van der Waals surface area contributed by atoms with Gasteiger partial charge in [0.25, 0.3) is 0 Å². The molecule has 16 heavy (non-hydrogen) atoms. The molecule has 0 aliphatic heterocycles. The molecule has 0 heterocycles. The first-order chi connectivity index (χ1) is 7.76. The number of nitrogens with zero attached hydrogens (tertiary/aromatic N) is 1. The van der Waals surface area contributed by atoms with Gasteiger partial charge in [0.1, 0.15) is 5.75 Å². The summed E-state index contributed by atoms with van der Waals surface area (Å²) in [4.78, 5) is 11.4. The minimum atomic E-state index is -0.116. The Morgan fingerprint density at radius 3 is 2.69 bits per heavy atom. The molecule has 0 atom stereocenters. The molecule has 4 heteroatoms. The summed E-state index contributed by atoms with van der Waals surface area (Å²) in [6.45, 7) is 1.96. The van der Waals surface area contributed by atoms with E-state index in [2.05, 4.69) is 10.5 Å². The number of benzene rings is 1. The first-order valence-corrected chi connectivity index (χ1v) is 5.19. The van der Waals surface area contributed by atoms with E-state index in [1.165, 1.54) is 0 Å². The Labute approximate surface area is 95.3 Å². The Morgan fingerprint density at radius 2 is 2.12 bits per heavy atom. The highest BCUT2D eigenvalue weighted by molar-refractivity contribution is 5.79. The van der Waals surface area contributed by atoms with Gasteiger partial charge >= 0.3 is 0 Å². The Kier molecular flexibility index (Phi) is 5.05. The van der Waals surface area contributed by atoms with Crippen molar-refractivity contribution >= 4 is 12.1 Å². The van der Waals surface area contributed by atoms with Gasteiger partial charge in [0.2, 0.25) is 5.91 Å². The molecular weight excluding hydrogens is 204 g/mol. The topological polar surface area (TPSA) is 50.7 Å². The van der Waals surface area contributed by atoms with Crippen LogP contribution >= 0.6 is 0 Å². The van der Waals surface area contributed by atoms with Gasteiger partial charge in [-0.05, 0) is 24.1 Å². The minimum Gasteiger partial charge on any atom is -0.497 e. The Morgan fingerprint density at radius 1 is 1.44 bits per heavy atom. The summed E-state index contributed by atoms with van der Waals surface area (Å²) in [7, 11) is 1.61. The van der Waals surface area contributed by atoms with Crippen LogP contribution in [0.25, 0.3) is 0 Å². The molecule has 0 radical (unpaired) electrons. The Bertz CT molecular complexity index is 358. The largest absolute Gasteiger partial charge is 0.497 e. The highest BCUT2D eigenvalue weighted by Gasteiger charge is 2.01.